The number of hydrogen-bond donors (Lipinski definition) is 0. The van der Waals surface area contributed by atoms with Crippen LogP contribution in [0.15, 0.2) is 110 Å². The molecule has 0 radical (unpaired) electrons. The number of aromatic nitrogens is 4. The molecule has 6 rings (SSSR count). The largest absolute Gasteiger partial charge is 0.298 e. The standard InChI is InChI=1S/C27H18N4/c1-2-7-19(8-3-1)20-11-13-21(14-12-20)26-25-10-6-16-31(25)27-24(30-26)17-22(18-29-27)23-9-4-5-15-28-23/h1-18H. The minimum atomic E-state index is 0.837. The van der Waals surface area contributed by atoms with Gasteiger partial charge in [0.25, 0.3) is 0 Å². The second-order valence-corrected chi connectivity index (χ2v) is 7.45. The lowest BCUT2D eigenvalue weighted by Crippen LogP contribution is -1.97. The summed E-state index contributed by atoms with van der Waals surface area (Å²) in [7, 11) is 0. The van der Waals surface area contributed by atoms with E-state index < -0.39 is 0 Å². The minimum Gasteiger partial charge on any atom is -0.298 e. The summed E-state index contributed by atoms with van der Waals surface area (Å²) < 4.78 is 2.10. The van der Waals surface area contributed by atoms with Crippen LogP contribution in [0.2, 0.25) is 0 Å². The van der Waals surface area contributed by atoms with Crippen LogP contribution in [-0.2, 0) is 0 Å². The maximum atomic E-state index is 5.02. The lowest BCUT2D eigenvalue weighted by atomic mass is 10.0. The molecule has 0 aliphatic carbocycles. The molecule has 4 heteroatoms. The van der Waals surface area contributed by atoms with Gasteiger partial charge in [-0.1, -0.05) is 60.7 Å². The highest BCUT2D eigenvalue weighted by Gasteiger charge is 2.12. The molecule has 2 aromatic carbocycles. The summed E-state index contributed by atoms with van der Waals surface area (Å²) in [6, 6.07) is 31.0. The Labute approximate surface area is 179 Å². The maximum absolute atomic E-state index is 5.02. The van der Waals surface area contributed by atoms with Crippen molar-refractivity contribution in [1.29, 1.82) is 0 Å². The van der Waals surface area contributed by atoms with Crippen molar-refractivity contribution in [3.63, 3.8) is 0 Å². The summed E-state index contributed by atoms with van der Waals surface area (Å²) in [4.78, 5) is 14.2. The zero-order valence-corrected chi connectivity index (χ0v) is 16.7. The minimum absolute atomic E-state index is 0.837. The van der Waals surface area contributed by atoms with Gasteiger partial charge in [-0.05, 0) is 41.5 Å². The van der Waals surface area contributed by atoms with Crippen LogP contribution in [0.3, 0.4) is 0 Å². The van der Waals surface area contributed by atoms with E-state index in [1.54, 1.807) is 6.20 Å². The summed E-state index contributed by atoms with van der Waals surface area (Å²) in [6.07, 6.45) is 5.69. The van der Waals surface area contributed by atoms with Crippen LogP contribution in [0.5, 0.6) is 0 Å². The smallest absolute Gasteiger partial charge is 0.163 e. The molecule has 0 saturated heterocycles. The van der Waals surface area contributed by atoms with Crippen LogP contribution in [0, 0.1) is 0 Å². The van der Waals surface area contributed by atoms with Gasteiger partial charge in [0, 0.05) is 29.7 Å². The van der Waals surface area contributed by atoms with E-state index in [1.807, 2.05) is 42.7 Å². The Morgan fingerprint density at radius 1 is 0.613 bits per heavy atom. The van der Waals surface area contributed by atoms with Crippen LogP contribution in [0.1, 0.15) is 0 Å². The fourth-order valence-corrected chi connectivity index (χ4v) is 3.99. The summed E-state index contributed by atoms with van der Waals surface area (Å²) in [5.74, 6) is 0. The van der Waals surface area contributed by atoms with E-state index in [4.69, 9.17) is 9.97 Å². The zero-order valence-electron chi connectivity index (χ0n) is 16.7. The first-order chi connectivity index (χ1) is 15.4. The third kappa shape index (κ3) is 3.06. The first kappa shape index (κ1) is 17.5. The molecule has 0 spiro atoms. The number of rotatable bonds is 3. The molecule has 0 amide bonds. The maximum Gasteiger partial charge on any atom is 0.163 e. The number of hydrogen-bond acceptors (Lipinski definition) is 3. The summed E-state index contributed by atoms with van der Waals surface area (Å²) in [5, 5.41) is 0. The molecule has 4 heterocycles. The highest BCUT2D eigenvalue weighted by molar-refractivity contribution is 5.88. The quantitative estimate of drug-likeness (QED) is 0.352. The van der Waals surface area contributed by atoms with Crippen molar-refractivity contribution in [2.75, 3.05) is 0 Å². The van der Waals surface area contributed by atoms with Gasteiger partial charge in [-0.25, -0.2) is 9.97 Å². The summed E-state index contributed by atoms with van der Waals surface area (Å²) in [6.45, 7) is 0. The van der Waals surface area contributed by atoms with Gasteiger partial charge in [-0.3, -0.25) is 9.38 Å². The molecule has 31 heavy (non-hydrogen) atoms. The predicted octanol–water partition coefficient (Wildman–Crippen LogP) is 6.28. The van der Waals surface area contributed by atoms with E-state index in [1.165, 1.54) is 11.1 Å². The van der Waals surface area contributed by atoms with Gasteiger partial charge < -0.3 is 0 Å². The molecule has 0 aliphatic rings. The Morgan fingerprint density at radius 2 is 1.39 bits per heavy atom. The summed E-state index contributed by atoms with van der Waals surface area (Å²) in [5.41, 5.74) is 8.98. The molecule has 146 valence electrons. The van der Waals surface area contributed by atoms with Gasteiger partial charge in [0.1, 0.15) is 5.52 Å². The van der Waals surface area contributed by atoms with E-state index in [2.05, 4.69) is 70.0 Å². The molecule has 0 aliphatic heterocycles. The second kappa shape index (κ2) is 7.18. The first-order valence-corrected chi connectivity index (χ1v) is 10.2. The number of nitrogens with zero attached hydrogens (tertiary/aromatic N) is 4. The first-order valence-electron chi connectivity index (χ1n) is 10.2. The zero-order chi connectivity index (χ0) is 20.6. The fraction of sp³-hybridized carbons (Fsp3) is 0. The number of fused-ring (bicyclic) bond motifs is 3. The van der Waals surface area contributed by atoms with Crippen molar-refractivity contribution >= 4 is 16.7 Å². The molecule has 0 saturated carbocycles. The van der Waals surface area contributed by atoms with Crippen molar-refractivity contribution in [1.82, 2.24) is 19.4 Å². The lowest BCUT2D eigenvalue weighted by molar-refractivity contribution is 1.16. The fourth-order valence-electron chi connectivity index (χ4n) is 3.99. The summed E-state index contributed by atoms with van der Waals surface area (Å²) >= 11 is 0. The third-order valence-electron chi connectivity index (χ3n) is 5.53. The Balaban J connectivity index is 1.51. The highest BCUT2D eigenvalue weighted by Crippen LogP contribution is 2.30. The molecule has 0 fully saturated rings. The van der Waals surface area contributed by atoms with E-state index in [-0.39, 0.29) is 0 Å². The molecule has 0 unspecified atom stereocenters. The molecule has 0 atom stereocenters. The van der Waals surface area contributed by atoms with Gasteiger partial charge in [-0.15, -0.1) is 0 Å². The average molecular weight is 398 g/mol. The van der Waals surface area contributed by atoms with E-state index >= 15 is 0 Å². The van der Waals surface area contributed by atoms with Gasteiger partial charge in [-0.2, -0.15) is 0 Å². The topological polar surface area (TPSA) is 43.1 Å². The number of pyridine rings is 2. The Bertz CT molecular complexity index is 1500. The Morgan fingerprint density at radius 3 is 2.19 bits per heavy atom. The number of benzene rings is 2. The monoisotopic (exact) mass is 398 g/mol. The van der Waals surface area contributed by atoms with Crippen molar-refractivity contribution in [3.8, 4) is 33.6 Å². The van der Waals surface area contributed by atoms with Crippen molar-refractivity contribution in [2.24, 2.45) is 0 Å². The molecular formula is C27H18N4. The Kier molecular flexibility index (Phi) is 4.06. The highest BCUT2D eigenvalue weighted by atomic mass is 15.0. The SMILES string of the molecule is c1ccc(-c2ccc(-c3nc4cc(-c5ccccn5)cnc4n4cccc34)cc2)cc1. The second-order valence-electron chi connectivity index (χ2n) is 7.45. The van der Waals surface area contributed by atoms with Crippen LogP contribution in [0.25, 0.3) is 50.3 Å². The van der Waals surface area contributed by atoms with Crippen molar-refractivity contribution in [3.05, 3.63) is 110 Å². The molecule has 0 N–H and O–H groups in total. The molecule has 4 aromatic heterocycles. The van der Waals surface area contributed by atoms with Gasteiger partial charge >= 0.3 is 0 Å². The van der Waals surface area contributed by atoms with Gasteiger partial charge in [0.05, 0.1) is 16.9 Å². The van der Waals surface area contributed by atoms with E-state index in [0.717, 1.165) is 39.2 Å². The van der Waals surface area contributed by atoms with Crippen LogP contribution in [0.4, 0.5) is 0 Å². The van der Waals surface area contributed by atoms with E-state index in [9.17, 15) is 0 Å². The predicted molar refractivity (Wildman–Crippen MR) is 125 cm³/mol. The Hall–Kier alpha value is -4.31. The van der Waals surface area contributed by atoms with Crippen molar-refractivity contribution < 1.29 is 0 Å². The van der Waals surface area contributed by atoms with Crippen LogP contribution < -0.4 is 0 Å². The van der Waals surface area contributed by atoms with Gasteiger partial charge in [0.2, 0.25) is 0 Å². The molecule has 6 aromatic rings. The van der Waals surface area contributed by atoms with E-state index in [0.29, 0.717) is 0 Å². The lowest BCUT2D eigenvalue weighted by Gasteiger charge is -2.10. The molecular weight excluding hydrogens is 380 g/mol. The van der Waals surface area contributed by atoms with Crippen LogP contribution >= 0.6 is 0 Å². The molecule has 0 bridgehead atoms. The molecule has 4 nitrogen and oxygen atoms in total. The van der Waals surface area contributed by atoms with Gasteiger partial charge in [0.15, 0.2) is 5.65 Å². The van der Waals surface area contributed by atoms with Crippen molar-refractivity contribution in [2.45, 2.75) is 0 Å². The van der Waals surface area contributed by atoms with Crippen LogP contribution in [-0.4, -0.2) is 19.4 Å². The third-order valence-corrected chi connectivity index (χ3v) is 5.53. The average Bonchev–Trinajstić information content (AvgIpc) is 3.35. The normalized spacial score (nSPS) is 11.2.